The molecule has 1 N–H and O–H groups in total. The second-order valence-electron chi connectivity index (χ2n) is 9.36. The number of hydrogen-bond donors (Lipinski definition) is 1. The van der Waals surface area contributed by atoms with Gasteiger partial charge in [-0.05, 0) is 44.4 Å². The standard InChI is InChI=1S/C24H33FN4O3/c1-16(12-17(2)30)18-6-8-19(9-7-18)32-20-10-11-29(14-20)22-21(25)13-26-23(27-22)28(5)15-24(3,4)31/h6-9,13,16,20,31H,10-12,14-15H2,1-5H3/t16-,20-/m1/s1. The van der Waals surface area contributed by atoms with Gasteiger partial charge in [0.1, 0.15) is 17.6 Å². The molecule has 7 nitrogen and oxygen atoms in total. The highest BCUT2D eigenvalue weighted by molar-refractivity contribution is 5.76. The number of Topliss-reactive ketones (excluding diaryl/α,β-unsaturated/α-hetero) is 1. The Hall–Kier alpha value is -2.74. The number of rotatable bonds is 9. The van der Waals surface area contributed by atoms with Crippen molar-refractivity contribution in [1.29, 1.82) is 0 Å². The minimum atomic E-state index is -0.918. The molecule has 1 aliphatic rings. The summed E-state index contributed by atoms with van der Waals surface area (Å²) in [5.74, 6) is 1.24. The van der Waals surface area contributed by atoms with E-state index >= 15 is 0 Å². The van der Waals surface area contributed by atoms with E-state index in [9.17, 15) is 14.3 Å². The van der Waals surface area contributed by atoms with Crippen molar-refractivity contribution in [2.24, 2.45) is 0 Å². The zero-order valence-electron chi connectivity index (χ0n) is 19.5. The van der Waals surface area contributed by atoms with Crippen LogP contribution in [0.15, 0.2) is 30.5 Å². The van der Waals surface area contributed by atoms with Gasteiger partial charge in [0.05, 0.1) is 18.3 Å². The highest BCUT2D eigenvalue weighted by atomic mass is 19.1. The zero-order valence-corrected chi connectivity index (χ0v) is 19.5. The summed E-state index contributed by atoms with van der Waals surface area (Å²) in [7, 11) is 1.77. The zero-order chi connectivity index (χ0) is 23.5. The number of aromatic nitrogens is 2. The van der Waals surface area contributed by atoms with Gasteiger partial charge in [-0.1, -0.05) is 19.1 Å². The van der Waals surface area contributed by atoms with Crippen LogP contribution in [0.5, 0.6) is 5.75 Å². The molecule has 0 spiro atoms. The molecule has 2 heterocycles. The molecule has 0 amide bonds. The fourth-order valence-electron chi connectivity index (χ4n) is 4.04. The molecule has 1 saturated heterocycles. The van der Waals surface area contributed by atoms with Gasteiger partial charge in [0.15, 0.2) is 11.6 Å². The Morgan fingerprint density at radius 1 is 1.38 bits per heavy atom. The summed E-state index contributed by atoms with van der Waals surface area (Å²) >= 11 is 0. The van der Waals surface area contributed by atoms with Crippen LogP contribution in [0.3, 0.4) is 0 Å². The molecule has 174 valence electrons. The van der Waals surface area contributed by atoms with E-state index in [0.29, 0.717) is 32.0 Å². The lowest BCUT2D eigenvalue weighted by atomic mass is 9.96. The van der Waals surface area contributed by atoms with E-state index in [1.165, 1.54) is 6.20 Å². The molecule has 1 fully saturated rings. The molecule has 0 unspecified atom stereocenters. The predicted octanol–water partition coefficient (Wildman–Crippen LogP) is 3.56. The van der Waals surface area contributed by atoms with E-state index in [0.717, 1.165) is 17.7 Å². The summed E-state index contributed by atoms with van der Waals surface area (Å²) < 4.78 is 20.6. The van der Waals surface area contributed by atoms with Crippen LogP contribution < -0.4 is 14.5 Å². The maximum Gasteiger partial charge on any atom is 0.227 e. The fraction of sp³-hybridized carbons (Fsp3) is 0.542. The molecule has 3 rings (SSSR count). The molecule has 0 radical (unpaired) electrons. The fourth-order valence-corrected chi connectivity index (χ4v) is 4.04. The van der Waals surface area contributed by atoms with E-state index in [4.69, 9.17) is 4.74 Å². The van der Waals surface area contributed by atoms with Gasteiger partial charge in [-0.25, -0.2) is 9.37 Å². The van der Waals surface area contributed by atoms with Crippen LogP contribution in [0.2, 0.25) is 0 Å². The number of benzene rings is 1. The third kappa shape index (κ3) is 6.38. The molecule has 0 bridgehead atoms. The lowest BCUT2D eigenvalue weighted by Gasteiger charge is -2.26. The highest BCUT2D eigenvalue weighted by Crippen LogP contribution is 2.27. The molecule has 0 saturated carbocycles. The van der Waals surface area contributed by atoms with Gasteiger partial charge in [0.25, 0.3) is 0 Å². The van der Waals surface area contributed by atoms with Crippen molar-refractivity contribution in [2.75, 3.05) is 36.5 Å². The average Bonchev–Trinajstić information content (AvgIpc) is 3.15. The molecular formula is C24H33FN4O3. The largest absolute Gasteiger partial charge is 0.489 e. The highest BCUT2D eigenvalue weighted by Gasteiger charge is 2.28. The van der Waals surface area contributed by atoms with Crippen LogP contribution in [0.1, 0.15) is 52.0 Å². The molecule has 2 atom stereocenters. The molecule has 0 aliphatic carbocycles. The Morgan fingerprint density at radius 3 is 2.69 bits per heavy atom. The Morgan fingerprint density at radius 2 is 2.06 bits per heavy atom. The first-order valence-corrected chi connectivity index (χ1v) is 11.0. The third-order valence-electron chi connectivity index (χ3n) is 5.47. The maximum atomic E-state index is 14.5. The van der Waals surface area contributed by atoms with Crippen molar-refractivity contribution in [3.05, 3.63) is 41.8 Å². The van der Waals surface area contributed by atoms with E-state index in [-0.39, 0.29) is 23.6 Å². The smallest absolute Gasteiger partial charge is 0.227 e. The van der Waals surface area contributed by atoms with Gasteiger partial charge < -0.3 is 24.4 Å². The van der Waals surface area contributed by atoms with Gasteiger partial charge >= 0.3 is 0 Å². The molecular weight excluding hydrogens is 411 g/mol. The number of ether oxygens (including phenoxy) is 1. The van der Waals surface area contributed by atoms with Gasteiger partial charge in [-0.3, -0.25) is 0 Å². The topological polar surface area (TPSA) is 78.8 Å². The van der Waals surface area contributed by atoms with Gasteiger partial charge in [-0.2, -0.15) is 4.98 Å². The van der Waals surface area contributed by atoms with E-state index in [2.05, 4.69) is 9.97 Å². The summed E-state index contributed by atoms with van der Waals surface area (Å²) in [6.45, 7) is 8.51. The Labute approximate surface area is 189 Å². The van der Waals surface area contributed by atoms with E-state index < -0.39 is 11.4 Å². The number of nitrogens with zero attached hydrogens (tertiary/aromatic N) is 4. The molecule has 2 aromatic rings. The SMILES string of the molecule is CC(=O)C[C@@H](C)c1ccc(O[C@@H]2CCN(c3nc(N(C)CC(C)(C)O)ncc3F)C2)cc1. The van der Waals surface area contributed by atoms with Gasteiger partial charge in [0.2, 0.25) is 5.95 Å². The number of halogens is 1. The number of aliphatic hydroxyl groups is 1. The van der Waals surface area contributed by atoms with Crippen LogP contribution in [-0.4, -0.2) is 59.2 Å². The molecule has 32 heavy (non-hydrogen) atoms. The first-order valence-electron chi connectivity index (χ1n) is 11.0. The third-order valence-corrected chi connectivity index (χ3v) is 5.47. The maximum absolute atomic E-state index is 14.5. The van der Waals surface area contributed by atoms with Crippen molar-refractivity contribution < 1.29 is 19.0 Å². The van der Waals surface area contributed by atoms with Gasteiger partial charge in [0, 0.05) is 33.0 Å². The first kappa shape index (κ1) is 23.9. The van der Waals surface area contributed by atoms with Crippen LogP contribution in [0.4, 0.5) is 16.2 Å². The molecule has 1 aromatic heterocycles. The summed E-state index contributed by atoms with van der Waals surface area (Å²) in [6, 6.07) is 7.82. The molecule has 1 aromatic carbocycles. The Balaban J connectivity index is 1.63. The number of hydrogen-bond acceptors (Lipinski definition) is 7. The van der Waals surface area contributed by atoms with Crippen LogP contribution in [0, 0.1) is 5.82 Å². The number of carbonyl (C=O) groups excluding carboxylic acids is 1. The van der Waals surface area contributed by atoms with Gasteiger partial charge in [-0.15, -0.1) is 0 Å². The second-order valence-corrected chi connectivity index (χ2v) is 9.36. The second kappa shape index (κ2) is 9.81. The molecule has 1 aliphatic heterocycles. The van der Waals surface area contributed by atoms with Crippen LogP contribution >= 0.6 is 0 Å². The Kier molecular flexibility index (Phi) is 7.33. The lowest BCUT2D eigenvalue weighted by Crippen LogP contribution is -2.37. The number of anilines is 2. The van der Waals surface area contributed by atoms with E-state index in [1.54, 1.807) is 32.7 Å². The first-order chi connectivity index (χ1) is 15.0. The summed E-state index contributed by atoms with van der Waals surface area (Å²) in [4.78, 5) is 23.4. The van der Waals surface area contributed by atoms with Crippen molar-refractivity contribution in [3.63, 3.8) is 0 Å². The van der Waals surface area contributed by atoms with Crippen LogP contribution in [-0.2, 0) is 4.79 Å². The van der Waals surface area contributed by atoms with Crippen molar-refractivity contribution >= 4 is 17.5 Å². The minimum Gasteiger partial charge on any atom is -0.489 e. The minimum absolute atomic E-state index is 0.0811. The number of likely N-dealkylation sites (N-methyl/N-ethyl adjacent to an activating group) is 1. The summed E-state index contributed by atoms with van der Waals surface area (Å²) in [6.07, 6.45) is 2.37. The monoisotopic (exact) mass is 444 g/mol. The quantitative estimate of drug-likeness (QED) is 0.633. The predicted molar refractivity (Wildman–Crippen MR) is 123 cm³/mol. The molecule has 8 heteroatoms. The van der Waals surface area contributed by atoms with Crippen molar-refractivity contribution in [3.8, 4) is 5.75 Å². The summed E-state index contributed by atoms with van der Waals surface area (Å²) in [5.41, 5.74) is 0.185. The number of carbonyl (C=O) groups is 1. The Bertz CT molecular complexity index is 930. The van der Waals surface area contributed by atoms with Crippen molar-refractivity contribution in [2.45, 2.75) is 58.2 Å². The van der Waals surface area contributed by atoms with E-state index in [1.807, 2.05) is 36.1 Å². The normalized spacial score (nSPS) is 17.3. The van der Waals surface area contributed by atoms with Crippen LogP contribution in [0.25, 0.3) is 0 Å². The average molecular weight is 445 g/mol. The summed E-state index contributed by atoms with van der Waals surface area (Å²) in [5, 5.41) is 10.0. The lowest BCUT2D eigenvalue weighted by molar-refractivity contribution is -0.117. The van der Waals surface area contributed by atoms with Crippen molar-refractivity contribution in [1.82, 2.24) is 9.97 Å². The number of ketones is 1.